The Morgan fingerprint density at radius 3 is 2.36 bits per heavy atom. The van der Waals surface area contributed by atoms with E-state index in [4.69, 9.17) is 35.3 Å². The van der Waals surface area contributed by atoms with Gasteiger partial charge in [-0.2, -0.15) is 0 Å². The lowest BCUT2D eigenvalue weighted by Gasteiger charge is -2.42. The minimum atomic E-state index is -3.08. The second-order valence-corrected chi connectivity index (χ2v) is 19.6. The minimum absolute atomic E-state index is 0.0353. The summed E-state index contributed by atoms with van der Waals surface area (Å²) in [6, 6.07) is -1.36. The van der Waals surface area contributed by atoms with Crippen LogP contribution in [0.2, 0.25) is 0 Å². The summed E-state index contributed by atoms with van der Waals surface area (Å²) >= 11 is 0. The van der Waals surface area contributed by atoms with Gasteiger partial charge in [-0.3, -0.25) is 19.2 Å². The number of hydrogen-bond acceptors (Lipinski definition) is 14. The van der Waals surface area contributed by atoms with Gasteiger partial charge in [0.2, 0.25) is 5.79 Å². The van der Waals surface area contributed by atoms with Crippen molar-refractivity contribution in [1.29, 1.82) is 0 Å². The molecule has 3 heterocycles. The Balaban J connectivity index is 1.82. The zero-order chi connectivity index (χ0) is 57.3. The molecule has 0 aromatic rings. The quantitative estimate of drug-likeness (QED) is 0.129. The van der Waals surface area contributed by atoms with Crippen LogP contribution in [0.5, 0.6) is 0 Å². The highest BCUT2D eigenvalue weighted by Gasteiger charge is 2.53. The summed E-state index contributed by atoms with van der Waals surface area (Å²) in [4.78, 5) is 73.0. The van der Waals surface area contributed by atoms with E-state index in [-0.39, 0.29) is 62.7 Å². The fourth-order valence-electron chi connectivity index (χ4n) is 9.92. The number of carbonyl (C=O) groups is 5. The molecule has 1 amide bonds. The number of fused-ring (bicyclic) bond motifs is 3. The Morgan fingerprint density at radius 1 is 0.942 bits per heavy atom. The Kier molecular flexibility index (Phi) is 19.0. The van der Waals surface area contributed by atoms with Crippen molar-refractivity contribution in [1.82, 2.24) is 4.90 Å². The Bertz CT molecular complexity index is 2150. The molecular formula is C54H85NO14. The molecule has 1 aliphatic carbocycles. The molecular weight excluding hydrogens is 887 g/mol. The molecule has 4 aliphatic rings. The van der Waals surface area contributed by atoms with Crippen LogP contribution in [0.3, 0.4) is 0 Å². The van der Waals surface area contributed by atoms with E-state index in [1.807, 2.05) is 6.92 Å². The molecule has 0 aromatic heterocycles. The Morgan fingerprint density at radius 2 is 1.68 bits per heavy atom. The molecule has 2 bridgehead atoms. The molecule has 15 nitrogen and oxygen atoms in total. The van der Waals surface area contributed by atoms with E-state index in [0.717, 1.165) is 4.90 Å². The fraction of sp³-hybridized carbons (Fsp3) is 0.759. The molecule has 0 radical (unpaired) electrons. The predicted molar refractivity (Wildman–Crippen MR) is 261 cm³/mol. The van der Waals surface area contributed by atoms with E-state index in [9.17, 15) is 42.0 Å². The Labute approximate surface area is 421 Å². The van der Waals surface area contributed by atoms with Crippen LogP contribution in [-0.2, 0) is 52.4 Å². The fourth-order valence-corrected chi connectivity index (χ4v) is 9.92. The van der Waals surface area contributed by atoms with Gasteiger partial charge >= 0.3 is 5.97 Å². The van der Waals surface area contributed by atoms with Gasteiger partial charge in [0.15, 0.2) is 5.78 Å². The van der Waals surface area contributed by atoms with Gasteiger partial charge in [-0.25, -0.2) is 4.79 Å². The van der Waals surface area contributed by atoms with Crippen molar-refractivity contribution in [3.05, 3.63) is 47.6 Å². The number of hydrogen-bond donors (Lipinski definition) is 3. The molecule has 1 unspecified atom stereocenters. The van der Waals surface area contributed by atoms with E-state index in [1.54, 1.807) is 21.0 Å². The highest BCUT2D eigenvalue weighted by atomic mass is 16.6. The molecule has 0 aromatic carbocycles. The lowest BCUT2D eigenvalue weighted by Crippen LogP contribution is -2.61. The van der Waals surface area contributed by atoms with Gasteiger partial charge < -0.3 is 48.6 Å². The number of aliphatic hydroxyl groups excluding tert-OH is 2. The zero-order valence-electron chi connectivity index (χ0n) is 49.4. The highest BCUT2D eigenvalue weighted by molar-refractivity contribution is 6.39. The number of cyclic esters (lactones) is 1. The van der Waals surface area contributed by atoms with Crippen LogP contribution in [0.4, 0.5) is 0 Å². The topological polar surface area (TPSA) is 205 Å². The second kappa shape index (κ2) is 27.4. The van der Waals surface area contributed by atoms with Gasteiger partial charge in [0, 0.05) is 63.9 Å². The van der Waals surface area contributed by atoms with E-state index in [0.29, 0.717) is 44.1 Å². The van der Waals surface area contributed by atoms with Crippen LogP contribution < -0.4 is 0 Å². The van der Waals surface area contributed by atoms with Gasteiger partial charge in [-0.05, 0) is 106 Å². The average molecular weight is 979 g/mol. The molecule has 3 N–H and O–H groups in total. The van der Waals surface area contributed by atoms with Crippen molar-refractivity contribution in [2.75, 3.05) is 41.0 Å². The normalized spacial score (nSPS) is 44.4. The summed E-state index contributed by atoms with van der Waals surface area (Å²) in [6.07, 6.45) is 1.30. The maximum Gasteiger partial charge on any atom is 0.329 e. The third kappa shape index (κ3) is 15.3. The van der Waals surface area contributed by atoms with Crippen molar-refractivity contribution in [2.24, 2.45) is 41.4 Å². The number of Topliss-reactive ketones (excluding diaryl/α,β-unsaturated/α-hetero) is 3. The molecule has 4 rings (SSSR count). The number of carbonyl (C=O) groups excluding carboxylic acids is 5. The van der Waals surface area contributed by atoms with Crippen LogP contribution in [0.25, 0.3) is 0 Å². The molecule has 3 aliphatic heterocycles. The summed E-state index contributed by atoms with van der Waals surface area (Å²) < 4.78 is 94.9. The number of esters is 1. The van der Waals surface area contributed by atoms with Crippen molar-refractivity contribution in [3.8, 4) is 0 Å². The third-order valence-electron chi connectivity index (χ3n) is 14.8. The van der Waals surface area contributed by atoms with Gasteiger partial charge in [-0.15, -0.1) is 0 Å². The SMILES string of the molecule is [2H]C([2H])([2H])O[C@H]1C[C@@H]2CC([2H])([2H])[C@@H](C)[C@@](O)(O2)C(=O)C(=O)N2CCCC[C@H]2C(=O)O[C@H]([C@H](C)C[C@@H]2CC[C@@H](OCCO)[C@H](OC)C2)CC(=O)[C@H](C)/C=C(\C)[C@@H](O)[C@@H](OC)C(=O)[C@H](C)C([2H])(C)[C@]([2H])(C)/C=C/C=C/C=C/1C. The van der Waals surface area contributed by atoms with E-state index < -0.39 is 127 Å². The van der Waals surface area contributed by atoms with Crippen molar-refractivity contribution in [3.63, 3.8) is 0 Å². The third-order valence-corrected chi connectivity index (χ3v) is 14.8. The molecule has 390 valence electrons. The van der Waals surface area contributed by atoms with Crippen molar-refractivity contribution < 1.29 is 77.3 Å². The number of amides is 1. The molecule has 2 saturated heterocycles. The van der Waals surface area contributed by atoms with Crippen LogP contribution in [0.15, 0.2) is 47.6 Å². The number of ketones is 3. The summed E-state index contributed by atoms with van der Waals surface area (Å²) in [5, 5.41) is 33.1. The van der Waals surface area contributed by atoms with Crippen molar-refractivity contribution >= 4 is 29.2 Å². The number of allylic oxidation sites excluding steroid dienone is 6. The smallest absolute Gasteiger partial charge is 0.329 e. The average Bonchev–Trinajstić information content (AvgIpc) is 3.35. The minimum Gasteiger partial charge on any atom is -0.460 e. The monoisotopic (exact) mass is 979 g/mol. The maximum absolute atomic E-state index is 14.6. The van der Waals surface area contributed by atoms with Gasteiger partial charge in [0.1, 0.15) is 30.1 Å². The first kappa shape index (κ1) is 47.9. The lowest BCUT2D eigenvalue weighted by molar-refractivity contribution is -0.265. The van der Waals surface area contributed by atoms with E-state index in [2.05, 4.69) is 0 Å². The first-order chi connectivity index (χ1) is 35.3. The number of rotatable bonds is 9. The molecule has 16 atom stereocenters. The maximum atomic E-state index is 14.6. The number of ether oxygens (including phenoxy) is 6. The molecule has 1 saturated carbocycles. The second-order valence-electron chi connectivity index (χ2n) is 19.6. The molecule has 69 heavy (non-hydrogen) atoms. The summed E-state index contributed by atoms with van der Waals surface area (Å²) in [6.45, 7) is 12.0. The number of aliphatic hydroxyl groups is 3. The van der Waals surface area contributed by atoms with Gasteiger partial charge in [-0.1, -0.05) is 78.0 Å². The number of methoxy groups -OCH3 is 3. The lowest BCUT2D eigenvalue weighted by atomic mass is 9.78. The van der Waals surface area contributed by atoms with Crippen LogP contribution in [0.1, 0.15) is 136 Å². The predicted octanol–water partition coefficient (Wildman–Crippen LogP) is 6.44. The van der Waals surface area contributed by atoms with Gasteiger partial charge in [0.05, 0.1) is 41.7 Å². The van der Waals surface area contributed by atoms with Crippen molar-refractivity contribution in [2.45, 2.75) is 181 Å². The zero-order valence-corrected chi connectivity index (χ0v) is 42.4. The number of piperidine rings is 1. The molecule has 0 spiro atoms. The first-order valence-electron chi connectivity index (χ1n) is 28.1. The molecule has 15 heteroatoms. The Hall–Kier alpha value is -3.41. The largest absolute Gasteiger partial charge is 0.460 e. The van der Waals surface area contributed by atoms with Gasteiger partial charge in [0.25, 0.3) is 11.7 Å². The standard InChI is InChI=1S/C54H85NO14/c1-32-17-13-12-14-18-33(2)45(64-9)30-41-22-20-37(6)54(63,69-41)51(60)52(61)55-24-16-15-19-42(55)53(62)68-46(35(4)28-40-21-23-44(67-26-25-56)47(29-40)65-10)31-43(57)34(3)27-36(5)48(58)50(66-11)49(59)39(8)38(32)7/h12-14,17-18,27,32,34-35,37-42,44-48,50,56,58,63H,15-16,19-26,28-31H2,1-11H3/b14-12+,17-13+,33-18+,36-27+/t32-,34-,35-,37-,38?,39-,40+,41+,42+,44-,45+,46+,47-,48-,50-,54-/m1/s1/i9D3,20D2,32D,38D. The van der Waals surface area contributed by atoms with Crippen LogP contribution in [0, 0.1) is 41.4 Å². The summed E-state index contributed by atoms with van der Waals surface area (Å²) in [7, 11) is -0.158. The van der Waals surface area contributed by atoms with E-state index >= 15 is 0 Å². The highest BCUT2D eigenvalue weighted by Crippen LogP contribution is 2.38. The number of nitrogens with zero attached hydrogens (tertiary/aromatic N) is 1. The first-order valence-corrected chi connectivity index (χ1v) is 24.6. The van der Waals surface area contributed by atoms with E-state index in [1.165, 1.54) is 78.2 Å². The van der Waals surface area contributed by atoms with Crippen LogP contribution in [-0.4, -0.2) is 145 Å². The summed E-state index contributed by atoms with van der Waals surface area (Å²) in [5.41, 5.74) is 0.516. The van der Waals surface area contributed by atoms with Crippen LogP contribution >= 0.6 is 0 Å². The summed E-state index contributed by atoms with van der Waals surface area (Å²) in [5.74, 6) is -15.5. The molecule has 3 fully saturated rings.